The fraction of sp³-hybridized carbons (Fsp3) is 0.667. The second-order valence-electron chi connectivity index (χ2n) is 8.50. The minimum absolute atomic E-state index is 0.168. The van der Waals surface area contributed by atoms with Gasteiger partial charge >= 0.3 is 11.9 Å². The Balaban J connectivity index is 2.94. The number of rotatable bonds is 12. The average Bonchev–Trinajstić information content (AvgIpc) is 2.67. The fourth-order valence-electron chi connectivity index (χ4n) is 3.02. The summed E-state index contributed by atoms with van der Waals surface area (Å²) in [6.07, 6.45) is 4.68. The lowest BCUT2D eigenvalue weighted by molar-refractivity contribution is 0.0213. The van der Waals surface area contributed by atoms with Crippen molar-refractivity contribution in [1.29, 1.82) is 0 Å². The molecule has 0 aliphatic carbocycles. The molecule has 0 saturated carbocycles. The molecule has 164 valence electrons. The van der Waals surface area contributed by atoms with E-state index in [0.29, 0.717) is 16.9 Å². The van der Waals surface area contributed by atoms with E-state index in [1.807, 2.05) is 13.8 Å². The van der Waals surface area contributed by atoms with E-state index < -0.39 is 11.9 Å². The van der Waals surface area contributed by atoms with Crippen molar-refractivity contribution in [2.75, 3.05) is 0 Å². The molecule has 0 aliphatic heterocycles. The number of hydrogen-bond acceptors (Lipinski definition) is 4. The molecule has 0 spiro atoms. The lowest BCUT2D eigenvalue weighted by Gasteiger charge is -2.20. The summed E-state index contributed by atoms with van der Waals surface area (Å²) in [5.74, 6) is 0.0571. The molecule has 0 aromatic heterocycles. The number of hydrogen-bond donors (Lipinski definition) is 0. The largest absolute Gasteiger partial charge is 0.459 e. The Morgan fingerprint density at radius 1 is 0.793 bits per heavy atom. The third kappa shape index (κ3) is 9.20. The van der Waals surface area contributed by atoms with Crippen molar-refractivity contribution in [1.82, 2.24) is 0 Å². The third-order valence-electron chi connectivity index (χ3n) is 5.01. The van der Waals surface area contributed by atoms with Crippen molar-refractivity contribution < 1.29 is 19.1 Å². The first-order valence-electron chi connectivity index (χ1n) is 10.9. The van der Waals surface area contributed by atoms with Gasteiger partial charge in [-0.3, -0.25) is 0 Å². The van der Waals surface area contributed by atoms with Crippen LogP contribution in [0, 0.1) is 11.8 Å². The standard InChI is InChI=1S/C24H37ClO4/c1-7-19(12-9-16(3)4)28-23(26)21-14-11-18(25)15-22(21)24(27)29-20(8-2)13-10-17(5)6/h11,14-17,19-20H,7-10,12-13H2,1-6H3. The van der Waals surface area contributed by atoms with Crippen LogP contribution in [0.1, 0.15) is 101 Å². The molecule has 1 aromatic carbocycles. The molecule has 0 heterocycles. The highest BCUT2D eigenvalue weighted by Gasteiger charge is 2.24. The van der Waals surface area contributed by atoms with Crippen LogP contribution >= 0.6 is 11.6 Å². The summed E-state index contributed by atoms with van der Waals surface area (Å²) < 4.78 is 11.4. The van der Waals surface area contributed by atoms with Crippen molar-refractivity contribution in [2.24, 2.45) is 11.8 Å². The van der Waals surface area contributed by atoms with E-state index in [1.54, 1.807) is 12.1 Å². The maximum Gasteiger partial charge on any atom is 0.339 e. The van der Waals surface area contributed by atoms with Crippen molar-refractivity contribution in [3.63, 3.8) is 0 Å². The van der Waals surface area contributed by atoms with Crippen molar-refractivity contribution in [3.05, 3.63) is 34.3 Å². The van der Waals surface area contributed by atoms with Gasteiger partial charge in [-0.15, -0.1) is 0 Å². The Morgan fingerprint density at radius 3 is 1.66 bits per heavy atom. The van der Waals surface area contributed by atoms with Gasteiger partial charge in [-0.2, -0.15) is 0 Å². The number of carbonyl (C=O) groups excluding carboxylic acids is 2. The maximum absolute atomic E-state index is 12.8. The van der Waals surface area contributed by atoms with Crippen molar-refractivity contribution in [2.45, 2.75) is 92.3 Å². The predicted octanol–water partition coefficient (Wildman–Crippen LogP) is 7.08. The Labute approximate surface area is 181 Å². The minimum atomic E-state index is -0.523. The monoisotopic (exact) mass is 424 g/mol. The summed E-state index contributed by atoms with van der Waals surface area (Å²) in [6.45, 7) is 12.6. The van der Waals surface area contributed by atoms with Gasteiger partial charge in [0.1, 0.15) is 12.2 Å². The molecule has 2 unspecified atom stereocenters. The Hall–Kier alpha value is -1.55. The van der Waals surface area contributed by atoms with Crippen molar-refractivity contribution >= 4 is 23.5 Å². The molecular formula is C24H37ClO4. The van der Waals surface area contributed by atoms with Gasteiger partial charge in [-0.05, 0) is 68.6 Å². The van der Waals surface area contributed by atoms with Gasteiger partial charge in [-0.1, -0.05) is 53.1 Å². The summed E-state index contributed by atoms with van der Waals surface area (Å²) in [4.78, 5) is 25.6. The second kappa shape index (κ2) is 12.9. The summed E-state index contributed by atoms with van der Waals surface area (Å²) in [5.41, 5.74) is 0.380. The van der Waals surface area contributed by atoms with Crippen molar-refractivity contribution in [3.8, 4) is 0 Å². The summed E-state index contributed by atoms with van der Waals surface area (Å²) in [6, 6.07) is 4.64. The van der Waals surface area contributed by atoms with Crippen LogP contribution in [0.25, 0.3) is 0 Å². The van der Waals surface area contributed by atoms with Crippen LogP contribution in [-0.2, 0) is 9.47 Å². The zero-order valence-corrected chi connectivity index (χ0v) is 19.6. The molecule has 0 fully saturated rings. The number of esters is 2. The lowest BCUT2D eigenvalue weighted by atomic mass is 10.0. The number of ether oxygens (including phenoxy) is 2. The number of benzene rings is 1. The van der Waals surface area contributed by atoms with Crippen LogP contribution in [-0.4, -0.2) is 24.1 Å². The predicted molar refractivity (Wildman–Crippen MR) is 119 cm³/mol. The Kier molecular flexibility index (Phi) is 11.3. The smallest absolute Gasteiger partial charge is 0.339 e. The molecule has 0 N–H and O–H groups in total. The Bertz CT molecular complexity index is 654. The van der Waals surface area contributed by atoms with Gasteiger partial charge in [0, 0.05) is 5.02 Å². The van der Waals surface area contributed by atoms with E-state index in [4.69, 9.17) is 21.1 Å². The minimum Gasteiger partial charge on any atom is -0.459 e. The van der Waals surface area contributed by atoms with Crippen LogP contribution in [0.2, 0.25) is 5.02 Å². The maximum atomic E-state index is 12.8. The van der Waals surface area contributed by atoms with Gasteiger partial charge in [0.25, 0.3) is 0 Å². The molecule has 1 rings (SSSR count). The quantitative estimate of drug-likeness (QED) is 0.336. The molecule has 0 saturated heterocycles. The fourth-order valence-corrected chi connectivity index (χ4v) is 3.20. The van der Waals surface area contributed by atoms with Gasteiger partial charge in [0.2, 0.25) is 0 Å². The highest BCUT2D eigenvalue weighted by atomic mass is 35.5. The van der Waals surface area contributed by atoms with E-state index in [9.17, 15) is 9.59 Å². The SMILES string of the molecule is CCC(CCC(C)C)OC(=O)c1ccc(Cl)cc1C(=O)OC(CC)CCC(C)C. The first kappa shape index (κ1) is 25.5. The average molecular weight is 425 g/mol. The molecule has 0 radical (unpaired) electrons. The molecule has 0 bridgehead atoms. The van der Waals surface area contributed by atoms with Crippen LogP contribution < -0.4 is 0 Å². The molecule has 1 aromatic rings. The van der Waals surface area contributed by atoms with Crippen LogP contribution in [0.4, 0.5) is 0 Å². The van der Waals surface area contributed by atoms with Gasteiger partial charge < -0.3 is 9.47 Å². The summed E-state index contributed by atoms with van der Waals surface area (Å²) in [5, 5.41) is 0.385. The van der Waals surface area contributed by atoms with Crippen LogP contribution in [0.15, 0.2) is 18.2 Å². The second-order valence-corrected chi connectivity index (χ2v) is 8.94. The molecule has 2 atom stereocenters. The van der Waals surface area contributed by atoms with E-state index in [-0.39, 0.29) is 23.3 Å². The van der Waals surface area contributed by atoms with E-state index >= 15 is 0 Å². The normalized spacial score (nSPS) is 13.4. The molecule has 5 heteroatoms. The topological polar surface area (TPSA) is 52.6 Å². The Morgan fingerprint density at radius 2 is 1.24 bits per heavy atom. The highest BCUT2D eigenvalue weighted by molar-refractivity contribution is 6.31. The van der Waals surface area contributed by atoms with Gasteiger partial charge in [-0.25, -0.2) is 9.59 Å². The van der Waals surface area contributed by atoms with Gasteiger partial charge in [0.05, 0.1) is 11.1 Å². The molecule has 0 amide bonds. The van der Waals surface area contributed by atoms with Crippen LogP contribution in [0.5, 0.6) is 0 Å². The first-order chi connectivity index (χ1) is 13.7. The van der Waals surface area contributed by atoms with E-state index in [1.165, 1.54) is 6.07 Å². The van der Waals surface area contributed by atoms with Gasteiger partial charge in [0.15, 0.2) is 0 Å². The first-order valence-corrected chi connectivity index (χ1v) is 11.3. The lowest BCUT2D eigenvalue weighted by Crippen LogP contribution is -2.23. The summed E-state index contributed by atoms with van der Waals surface area (Å²) >= 11 is 6.10. The zero-order valence-electron chi connectivity index (χ0n) is 18.8. The highest BCUT2D eigenvalue weighted by Crippen LogP contribution is 2.22. The van der Waals surface area contributed by atoms with E-state index in [0.717, 1.165) is 38.5 Å². The molecule has 0 aliphatic rings. The molecule has 29 heavy (non-hydrogen) atoms. The number of carbonyl (C=O) groups is 2. The van der Waals surface area contributed by atoms with Crippen LogP contribution in [0.3, 0.4) is 0 Å². The summed E-state index contributed by atoms with van der Waals surface area (Å²) in [7, 11) is 0. The number of halogens is 1. The third-order valence-corrected chi connectivity index (χ3v) is 5.25. The molecule has 4 nitrogen and oxygen atoms in total. The zero-order chi connectivity index (χ0) is 22.0. The molecular weight excluding hydrogens is 388 g/mol. The van der Waals surface area contributed by atoms with E-state index in [2.05, 4.69) is 27.7 Å².